The molecule has 1 N–H and O–H groups in total. The second-order valence-electron chi connectivity index (χ2n) is 5.38. The van der Waals surface area contributed by atoms with E-state index in [1.165, 1.54) is 18.2 Å². The van der Waals surface area contributed by atoms with Gasteiger partial charge in [0.2, 0.25) is 0 Å². The van der Waals surface area contributed by atoms with Crippen LogP contribution in [0.1, 0.15) is 26.8 Å². The number of aromatic nitrogens is 1. The molecule has 0 bridgehead atoms. The summed E-state index contributed by atoms with van der Waals surface area (Å²) in [6.07, 6.45) is -2.84. The van der Waals surface area contributed by atoms with Gasteiger partial charge in [-0.1, -0.05) is 35.9 Å². The number of anilines is 1. The molecule has 1 heterocycles. The van der Waals surface area contributed by atoms with E-state index in [1.54, 1.807) is 31.2 Å². The van der Waals surface area contributed by atoms with Crippen molar-refractivity contribution in [1.82, 2.24) is 4.98 Å². The fourth-order valence-electron chi connectivity index (χ4n) is 2.44. The Labute approximate surface area is 156 Å². The van der Waals surface area contributed by atoms with E-state index in [2.05, 4.69) is 10.3 Å². The van der Waals surface area contributed by atoms with E-state index in [9.17, 15) is 18.0 Å². The third-order valence-corrected chi connectivity index (χ3v) is 4.85. The molecule has 1 amide bonds. The summed E-state index contributed by atoms with van der Waals surface area (Å²) in [5, 5.41) is 2.95. The second-order valence-corrected chi connectivity index (χ2v) is 6.99. The van der Waals surface area contributed by atoms with Crippen molar-refractivity contribution in [2.45, 2.75) is 13.3 Å². The van der Waals surface area contributed by atoms with Crippen molar-refractivity contribution in [3.63, 3.8) is 0 Å². The van der Waals surface area contributed by atoms with Gasteiger partial charge in [0.15, 0.2) is 0 Å². The summed E-state index contributed by atoms with van der Waals surface area (Å²) in [6, 6.07) is 10.9. The zero-order valence-electron chi connectivity index (χ0n) is 13.4. The Hall–Kier alpha value is -2.38. The Kier molecular flexibility index (Phi) is 5.29. The summed E-state index contributed by atoms with van der Waals surface area (Å²) in [4.78, 5) is 16.1. The van der Waals surface area contributed by atoms with E-state index in [4.69, 9.17) is 11.6 Å². The molecule has 1 aromatic heterocycles. The molecule has 26 heavy (non-hydrogen) atoms. The number of nitrogens with zero attached hydrogens (tertiary/aromatic N) is 1. The van der Waals surface area contributed by atoms with E-state index in [-0.39, 0.29) is 9.90 Å². The number of carbonyl (C=O) groups is 1. The zero-order chi connectivity index (χ0) is 18.8. The number of thiazole rings is 1. The van der Waals surface area contributed by atoms with E-state index in [0.717, 1.165) is 11.3 Å². The highest BCUT2D eigenvalue weighted by Gasteiger charge is 2.24. The molecule has 0 aliphatic heterocycles. The van der Waals surface area contributed by atoms with E-state index in [0.29, 0.717) is 21.8 Å². The van der Waals surface area contributed by atoms with E-state index >= 15 is 0 Å². The van der Waals surface area contributed by atoms with Gasteiger partial charge in [0, 0.05) is 11.3 Å². The van der Waals surface area contributed by atoms with Crippen LogP contribution in [0.4, 0.5) is 18.9 Å². The minimum absolute atomic E-state index is 0.0540. The maximum absolute atomic E-state index is 13.4. The Morgan fingerprint density at radius 3 is 2.65 bits per heavy atom. The van der Waals surface area contributed by atoms with Crippen molar-refractivity contribution in [2.24, 2.45) is 0 Å². The Morgan fingerprint density at radius 1 is 1.23 bits per heavy atom. The summed E-state index contributed by atoms with van der Waals surface area (Å²) in [6.45, 7) is 1.56. The van der Waals surface area contributed by atoms with Gasteiger partial charge >= 0.3 is 0 Å². The molecular weight excluding hydrogens is 385 g/mol. The third-order valence-electron chi connectivity index (χ3n) is 3.58. The van der Waals surface area contributed by atoms with Crippen LogP contribution in [0.5, 0.6) is 0 Å². The SMILES string of the molecule is Cc1nc(C(F)F)c(C(=O)Nc2ccccc2-c2ccc(F)c(Cl)c2)s1. The van der Waals surface area contributed by atoms with Crippen molar-refractivity contribution in [1.29, 1.82) is 0 Å². The van der Waals surface area contributed by atoms with Gasteiger partial charge in [0.05, 0.1) is 10.0 Å². The zero-order valence-corrected chi connectivity index (χ0v) is 15.0. The number of para-hydroxylation sites is 1. The first-order valence-electron chi connectivity index (χ1n) is 7.48. The molecule has 0 fully saturated rings. The van der Waals surface area contributed by atoms with E-state index < -0.39 is 23.8 Å². The molecule has 0 atom stereocenters. The van der Waals surface area contributed by atoms with Crippen LogP contribution in [-0.4, -0.2) is 10.9 Å². The molecular formula is C18H12ClF3N2OS. The van der Waals surface area contributed by atoms with Crippen molar-refractivity contribution in [3.8, 4) is 11.1 Å². The number of nitrogens with one attached hydrogen (secondary N) is 1. The fourth-order valence-corrected chi connectivity index (χ4v) is 3.44. The van der Waals surface area contributed by atoms with Crippen LogP contribution in [0, 0.1) is 12.7 Å². The maximum Gasteiger partial charge on any atom is 0.282 e. The normalized spacial score (nSPS) is 11.0. The molecule has 3 nitrogen and oxygen atoms in total. The highest BCUT2D eigenvalue weighted by Crippen LogP contribution is 2.32. The molecule has 0 unspecified atom stereocenters. The number of alkyl halides is 2. The summed E-state index contributed by atoms with van der Waals surface area (Å²) >= 11 is 6.73. The quantitative estimate of drug-likeness (QED) is 0.578. The predicted octanol–water partition coefficient (Wildman–Crippen LogP) is 6.10. The number of aryl methyl sites for hydroxylation is 1. The maximum atomic E-state index is 13.4. The predicted molar refractivity (Wildman–Crippen MR) is 96.6 cm³/mol. The first-order valence-corrected chi connectivity index (χ1v) is 8.67. The Balaban J connectivity index is 1.96. The molecule has 0 spiro atoms. The highest BCUT2D eigenvalue weighted by atomic mass is 35.5. The van der Waals surface area contributed by atoms with Crippen molar-refractivity contribution >= 4 is 34.5 Å². The Bertz CT molecular complexity index is 975. The highest BCUT2D eigenvalue weighted by molar-refractivity contribution is 7.13. The monoisotopic (exact) mass is 396 g/mol. The molecule has 3 rings (SSSR count). The molecule has 3 aromatic rings. The van der Waals surface area contributed by atoms with Crippen LogP contribution in [-0.2, 0) is 0 Å². The third kappa shape index (κ3) is 3.73. The number of hydrogen-bond acceptors (Lipinski definition) is 3. The molecule has 0 saturated carbocycles. The molecule has 2 aromatic carbocycles. The number of carbonyl (C=O) groups excluding carboxylic acids is 1. The van der Waals surface area contributed by atoms with Crippen molar-refractivity contribution in [3.05, 3.63) is 68.9 Å². The van der Waals surface area contributed by atoms with Crippen LogP contribution in [0.15, 0.2) is 42.5 Å². The van der Waals surface area contributed by atoms with Gasteiger partial charge in [-0.15, -0.1) is 11.3 Å². The summed E-state index contributed by atoms with van der Waals surface area (Å²) in [5.74, 6) is -1.23. The second kappa shape index (κ2) is 7.47. The van der Waals surface area contributed by atoms with Gasteiger partial charge < -0.3 is 5.32 Å². The van der Waals surface area contributed by atoms with Crippen LogP contribution in [0.25, 0.3) is 11.1 Å². The van der Waals surface area contributed by atoms with Crippen LogP contribution in [0.2, 0.25) is 5.02 Å². The summed E-state index contributed by atoms with van der Waals surface area (Å²) < 4.78 is 39.6. The first kappa shape index (κ1) is 18.4. The van der Waals surface area contributed by atoms with Crippen LogP contribution in [0.3, 0.4) is 0 Å². The Morgan fingerprint density at radius 2 is 1.96 bits per heavy atom. The van der Waals surface area contributed by atoms with Crippen LogP contribution >= 0.6 is 22.9 Å². The van der Waals surface area contributed by atoms with Crippen molar-refractivity contribution < 1.29 is 18.0 Å². The standard InChI is InChI=1S/C18H12ClF3N2OS/c1-9-23-15(17(21)22)16(26-9)18(25)24-14-5-3-2-4-11(14)10-6-7-13(20)12(19)8-10/h2-8,17H,1H3,(H,24,25). The average molecular weight is 397 g/mol. The van der Waals surface area contributed by atoms with E-state index in [1.807, 2.05) is 0 Å². The molecule has 0 saturated heterocycles. The lowest BCUT2D eigenvalue weighted by molar-refractivity contribution is 0.101. The number of rotatable bonds is 4. The first-order chi connectivity index (χ1) is 12.4. The number of benzene rings is 2. The van der Waals surface area contributed by atoms with Gasteiger partial charge in [-0.25, -0.2) is 18.2 Å². The lowest BCUT2D eigenvalue weighted by Crippen LogP contribution is -2.13. The number of halogens is 4. The molecule has 0 radical (unpaired) electrons. The lowest BCUT2D eigenvalue weighted by Gasteiger charge is -2.11. The fraction of sp³-hybridized carbons (Fsp3) is 0.111. The minimum atomic E-state index is -2.84. The van der Waals surface area contributed by atoms with Gasteiger partial charge in [0.1, 0.15) is 16.4 Å². The number of amides is 1. The number of hydrogen-bond donors (Lipinski definition) is 1. The molecule has 134 valence electrons. The van der Waals surface area contributed by atoms with Gasteiger partial charge in [-0.2, -0.15) is 0 Å². The molecule has 0 aliphatic carbocycles. The minimum Gasteiger partial charge on any atom is -0.321 e. The largest absolute Gasteiger partial charge is 0.321 e. The molecule has 8 heteroatoms. The van der Waals surface area contributed by atoms with Gasteiger partial charge in [0.25, 0.3) is 12.3 Å². The van der Waals surface area contributed by atoms with Crippen LogP contribution < -0.4 is 5.32 Å². The van der Waals surface area contributed by atoms with Crippen molar-refractivity contribution in [2.75, 3.05) is 5.32 Å². The molecule has 0 aliphatic rings. The van der Waals surface area contributed by atoms with Gasteiger partial charge in [-0.3, -0.25) is 4.79 Å². The smallest absolute Gasteiger partial charge is 0.282 e. The lowest BCUT2D eigenvalue weighted by atomic mass is 10.0. The van der Waals surface area contributed by atoms with Gasteiger partial charge in [-0.05, 0) is 30.7 Å². The summed E-state index contributed by atoms with van der Waals surface area (Å²) in [7, 11) is 0. The summed E-state index contributed by atoms with van der Waals surface area (Å²) in [5.41, 5.74) is 1.03. The average Bonchev–Trinajstić information content (AvgIpc) is 3.00. The topological polar surface area (TPSA) is 42.0 Å².